The molecule has 0 bridgehead atoms. The number of hydrogen-bond donors (Lipinski definition) is 0. The Morgan fingerprint density at radius 1 is 1.25 bits per heavy atom. The summed E-state index contributed by atoms with van der Waals surface area (Å²) in [5.74, 6) is 1.03. The normalized spacial score (nSPS) is 11.3. The average Bonchev–Trinajstić information content (AvgIpc) is 3.04. The van der Waals surface area contributed by atoms with Crippen molar-refractivity contribution in [3.8, 4) is 10.6 Å². The Morgan fingerprint density at radius 3 is 2.83 bits per heavy atom. The van der Waals surface area contributed by atoms with E-state index in [1.54, 1.807) is 11.8 Å². The van der Waals surface area contributed by atoms with E-state index in [2.05, 4.69) is 22.1 Å². The zero-order valence-corrected chi connectivity index (χ0v) is 15.7. The van der Waals surface area contributed by atoms with Gasteiger partial charge in [-0.1, -0.05) is 36.4 Å². The summed E-state index contributed by atoms with van der Waals surface area (Å²) in [6.07, 6.45) is 4.18. The van der Waals surface area contributed by atoms with E-state index in [9.17, 15) is 4.79 Å². The van der Waals surface area contributed by atoms with Gasteiger partial charge in [0.05, 0.1) is 10.9 Å². The van der Waals surface area contributed by atoms with Crippen molar-refractivity contribution in [3.63, 3.8) is 0 Å². The van der Waals surface area contributed by atoms with Gasteiger partial charge in [0.15, 0.2) is 9.35 Å². The van der Waals surface area contributed by atoms with Crippen LogP contribution < -0.4 is 5.43 Å². The topological polar surface area (TPSA) is 60.7 Å². The standard InChI is InChI=1S/C17H20N4OS2/c1-4-6-9-23-17-20-19-16(24-17)13-10-21(5-2)15-12(14(13)22)8-7-11(3)18-15/h7-8,10H,4-6,9H2,1-3H3. The first-order valence-corrected chi connectivity index (χ1v) is 9.91. The third-order valence-corrected chi connectivity index (χ3v) is 5.94. The molecule has 0 amide bonds. The molecule has 0 spiro atoms. The highest BCUT2D eigenvalue weighted by atomic mass is 32.2. The first kappa shape index (κ1) is 17.1. The van der Waals surface area contributed by atoms with Crippen LogP contribution in [-0.4, -0.2) is 25.5 Å². The van der Waals surface area contributed by atoms with E-state index in [0.29, 0.717) is 16.0 Å². The summed E-state index contributed by atoms with van der Waals surface area (Å²) in [7, 11) is 0. The Labute approximate surface area is 149 Å². The van der Waals surface area contributed by atoms with Gasteiger partial charge in [-0.15, -0.1) is 10.2 Å². The van der Waals surface area contributed by atoms with Crippen LogP contribution >= 0.6 is 23.1 Å². The second-order valence-corrected chi connectivity index (χ2v) is 7.88. The van der Waals surface area contributed by atoms with Gasteiger partial charge in [-0.25, -0.2) is 4.98 Å². The molecule has 3 aromatic heterocycles. The van der Waals surface area contributed by atoms with E-state index in [1.807, 2.05) is 36.7 Å². The number of hydrogen-bond acceptors (Lipinski definition) is 6. The van der Waals surface area contributed by atoms with Crippen molar-refractivity contribution in [2.45, 2.75) is 44.5 Å². The van der Waals surface area contributed by atoms with Crippen LogP contribution in [0, 0.1) is 6.92 Å². The molecule has 0 fully saturated rings. The van der Waals surface area contributed by atoms with Crippen LogP contribution in [0.1, 0.15) is 32.4 Å². The lowest BCUT2D eigenvalue weighted by molar-refractivity contribution is 0.776. The summed E-state index contributed by atoms with van der Waals surface area (Å²) in [6, 6.07) is 3.73. The first-order chi connectivity index (χ1) is 11.6. The van der Waals surface area contributed by atoms with E-state index in [-0.39, 0.29) is 5.43 Å². The summed E-state index contributed by atoms with van der Waals surface area (Å²) < 4.78 is 2.92. The van der Waals surface area contributed by atoms with Gasteiger partial charge in [0.25, 0.3) is 0 Å². The van der Waals surface area contributed by atoms with Crippen molar-refractivity contribution in [1.82, 2.24) is 19.7 Å². The number of fused-ring (bicyclic) bond motifs is 1. The van der Waals surface area contributed by atoms with Gasteiger partial charge in [0.2, 0.25) is 5.43 Å². The van der Waals surface area contributed by atoms with E-state index >= 15 is 0 Å². The third-order valence-electron chi connectivity index (χ3n) is 3.76. The zero-order valence-electron chi connectivity index (χ0n) is 14.1. The second-order valence-electron chi connectivity index (χ2n) is 5.56. The maximum Gasteiger partial charge on any atom is 0.201 e. The van der Waals surface area contributed by atoms with Gasteiger partial charge in [-0.2, -0.15) is 0 Å². The molecule has 0 saturated carbocycles. The SMILES string of the molecule is CCCCSc1nnc(-c2cn(CC)c3nc(C)ccc3c2=O)s1. The van der Waals surface area contributed by atoms with Gasteiger partial charge in [0, 0.05) is 24.2 Å². The Kier molecular flexibility index (Phi) is 5.30. The maximum absolute atomic E-state index is 12.9. The lowest BCUT2D eigenvalue weighted by Crippen LogP contribution is -2.13. The smallest absolute Gasteiger partial charge is 0.201 e. The van der Waals surface area contributed by atoms with E-state index in [4.69, 9.17) is 0 Å². The summed E-state index contributed by atoms with van der Waals surface area (Å²) in [5.41, 5.74) is 2.22. The van der Waals surface area contributed by atoms with E-state index < -0.39 is 0 Å². The quantitative estimate of drug-likeness (QED) is 0.488. The van der Waals surface area contributed by atoms with Gasteiger partial charge in [-0.05, 0) is 32.4 Å². The Bertz CT molecular complexity index is 917. The predicted molar refractivity (Wildman–Crippen MR) is 101 cm³/mol. The fourth-order valence-electron chi connectivity index (χ4n) is 2.43. The lowest BCUT2D eigenvalue weighted by Gasteiger charge is -2.09. The van der Waals surface area contributed by atoms with Gasteiger partial charge < -0.3 is 4.57 Å². The predicted octanol–water partition coefficient (Wildman–Crippen LogP) is 4.14. The summed E-state index contributed by atoms with van der Waals surface area (Å²) in [4.78, 5) is 17.4. The molecule has 0 aliphatic carbocycles. The molecule has 0 aliphatic heterocycles. The molecule has 0 aromatic carbocycles. The molecule has 0 N–H and O–H groups in total. The number of aryl methyl sites for hydroxylation is 2. The number of nitrogens with zero attached hydrogens (tertiary/aromatic N) is 4. The van der Waals surface area contributed by atoms with Gasteiger partial charge in [-0.3, -0.25) is 4.79 Å². The third kappa shape index (κ3) is 3.37. The molecule has 3 heterocycles. The molecule has 0 saturated heterocycles. The number of aromatic nitrogens is 4. The number of rotatable bonds is 6. The van der Waals surface area contributed by atoms with Crippen molar-refractivity contribution < 1.29 is 0 Å². The fraction of sp³-hybridized carbons (Fsp3) is 0.412. The van der Waals surface area contributed by atoms with Crippen LogP contribution in [0.25, 0.3) is 21.6 Å². The first-order valence-electron chi connectivity index (χ1n) is 8.11. The highest BCUT2D eigenvalue weighted by molar-refractivity contribution is 8.01. The Balaban J connectivity index is 2.05. The van der Waals surface area contributed by atoms with Crippen molar-refractivity contribution in [3.05, 3.63) is 34.2 Å². The summed E-state index contributed by atoms with van der Waals surface area (Å²) in [5, 5.41) is 9.78. The molecular formula is C17H20N4OS2. The molecule has 24 heavy (non-hydrogen) atoms. The van der Waals surface area contributed by atoms with E-state index in [1.165, 1.54) is 11.3 Å². The monoisotopic (exact) mass is 360 g/mol. The largest absolute Gasteiger partial charge is 0.332 e. The van der Waals surface area contributed by atoms with Crippen LogP contribution in [0.3, 0.4) is 0 Å². The van der Waals surface area contributed by atoms with Crippen LogP contribution in [-0.2, 0) is 6.54 Å². The van der Waals surface area contributed by atoms with Crippen LogP contribution in [0.5, 0.6) is 0 Å². The molecule has 3 rings (SSSR count). The van der Waals surface area contributed by atoms with E-state index in [0.717, 1.165) is 40.8 Å². The maximum atomic E-state index is 12.9. The number of thioether (sulfide) groups is 1. The minimum Gasteiger partial charge on any atom is -0.332 e. The highest BCUT2D eigenvalue weighted by Gasteiger charge is 2.15. The van der Waals surface area contributed by atoms with Crippen molar-refractivity contribution in [2.24, 2.45) is 0 Å². The molecule has 0 radical (unpaired) electrons. The molecule has 0 aliphatic rings. The summed E-state index contributed by atoms with van der Waals surface area (Å²) in [6.45, 7) is 6.90. The summed E-state index contributed by atoms with van der Waals surface area (Å²) >= 11 is 3.19. The van der Waals surface area contributed by atoms with Crippen LogP contribution in [0.15, 0.2) is 27.5 Å². The Morgan fingerprint density at radius 2 is 2.08 bits per heavy atom. The number of unbranched alkanes of at least 4 members (excludes halogenated alkanes) is 1. The molecular weight excluding hydrogens is 340 g/mol. The molecule has 5 nitrogen and oxygen atoms in total. The van der Waals surface area contributed by atoms with Crippen molar-refractivity contribution >= 4 is 34.1 Å². The fourth-order valence-corrected chi connectivity index (χ4v) is 4.45. The van der Waals surface area contributed by atoms with Crippen LogP contribution in [0.2, 0.25) is 0 Å². The molecule has 3 aromatic rings. The zero-order chi connectivity index (χ0) is 17.1. The molecule has 0 atom stereocenters. The van der Waals surface area contributed by atoms with Crippen molar-refractivity contribution in [2.75, 3.05) is 5.75 Å². The highest BCUT2D eigenvalue weighted by Crippen LogP contribution is 2.29. The minimum absolute atomic E-state index is 0.0246. The lowest BCUT2D eigenvalue weighted by atomic mass is 10.2. The van der Waals surface area contributed by atoms with Gasteiger partial charge in [0.1, 0.15) is 5.65 Å². The van der Waals surface area contributed by atoms with Crippen LogP contribution in [0.4, 0.5) is 0 Å². The van der Waals surface area contributed by atoms with Crippen molar-refractivity contribution in [1.29, 1.82) is 0 Å². The molecule has 7 heteroatoms. The Hall–Kier alpha value is -1.73. The minimum atomic E-state index is -0.0246. The molecule has 126 valence electrons. The molecule has 0 unspecified atom stereocenters. The second kappa shape index (κ2) is 7.44. The van der Waals surface area contributed by atoms with Gasteiger partial charge >= 0.3 is 0 Å². The number of pyridine rings is 2. The average molecular weight is 361 g/mol.